The summed E-state index contributed by atoms with van der Waals surface area (Å²) in [6.45, 7) is 6.59. The summed E-state index contributed by atoms with van der Waals surface area (Å²) in [6.07, 6.45) is 0. The number of nitrogens with one attached hydrogen (secondary N) is 1. The highest BCUT2D eigenvalue weighted by Crippen LogP contribution is 2.26. The molecule has 1 rings (SSSR count). The van der Waals surface area contributed by atoms with E-state index in [-0.39, 0.29) is 10.8 Å². The Morgan fingerprint density at radius 1 is 1.24 bits per heavy atom. The molecule has 1 aromatic carbocycles. The number of aryl methyl sites for hydroxylation is 2. The molecule has 0 aliphatic rings. The maximum atomic E-state index is 12.5. The molecule has 0 radical (unpaired) electrons. The first kappa shape index (κ1) is 17.5. The molecule has 0 fully saturated rings. The summed E-state index contributed by atoms with van der Waals surface area (Å²) in [6, 6.07) is 2.04. The number of hydrogen-bond donors (Lipinski definition) is 2. The summed E-state index contributed by atoms with van der Waals surface area (Å²) < 4.78 is 32.3. The molecule has 2 N–H and O–H groups in total. The number of sulfonamides is 1. The lowest BCUT2D eigenvalue weighted by atomic mass is 10.1. The fraction of sp³-hybridized carbons (Fsp3) is 0.500. The van der Waals surface area contributed by atoms with Gasteiger partial charge in [-0.1, -0.05) is 13.8 Å². The molecule has 118 valence electrons. The monoisotopic (exact) mass is 315 g/mol. The van der Waals surface area contributed by atoms with Crippen LogP contribution in [0.1, 0.15) is 25.0 Å². The molecule has 0 aliphatic heterocycles. The predicted octanol–water partition coefficient (Wildman–Crippen LogP) is 1.70. The van der Waals surface area contributed by atoms with Gasteiger partial charge in [0.2, 0.25) is 10.0 Å². The zero-order valence-electron chi connectivity index (χ0n) is 12.8. The minimum Gasteiger partial charge on any atom is -0.497 e. The van der Waals surface area contributed by atoms with Gasteiger partial charge < -0.3 is 9.84 Å². The number of aliphatic carboxylic acids is 1. The van der Waals surface area contributed by atoms with Crippen molar-refractivity contribution >= 4 is 16.0 Å². The quantitative estimate of drug-likeness (QED) is 0.833. The number of carboxylic acids is 1. The van der Waals surface area contributed by atoms with Gasteiger partial charge in [0.1, 0.15) is 11.8 Å². The van der Waals surface area contributed by atoms with Crippen LogP contribution in [0.15, 0.2) is 17.0 Å². The Bertz CT molecular complexity index is 614. The molecule has 21 heavy (non-hydrogen) atoms. The van der Waals surface area contributed by atoms with Crippen LogP contribution >= 0.6 is 0 Å². The van der Waals surface area contributed by atoms with Crippen molar-refractivity contribution in [3.63, 3.8) is 0 Å². The van der Waals surface area contributed by atoms with Crippen molar-refractivity contribution in [2.75, 3.05) is 7.11 Å². The lowest BCUT2D eigenvalue weighted by molar-refractivity contribution is -0.140. The largest absolute Gasteiger partial charge is 0.497 e. The van der Waals surface area contributed by atoms with Crippen LogP contribution in [0.5, 0.6) is 5.75 Å². The number of hydrogen-bond acceptors (Lipinski definition) is 4. The van der Waals surface area contributed by atoms with E-state index in [1.165, 1.54) is 7.11 Å². The van der Waals surface area contributed by atoms with E-state index in [1.54, 1.807) is 39.8 Å². The van der Waals surface area contributed by atoms with Gasteiger partial charge >= 0.3 is 5.97 Å². The summed E-state index contributed by atoms with van der Waals surface area (Å²) >= 11 is 0. The topological polar surface area (TPSA) is 92.7 Å². The highest BCUT2D eigenvalue weighted by atomic mass is 32.2. The average molecular weight is 315 g/mol. The van der Waals surface area contributed by atoms with Crippen molar-refractivity contribution in [1.82, 2.24) is 4.72 Å². The minimum absolute atomic E-state index is 0.0928. The van der Waals surface area contributed by atoms with Crippen LogP contribution in [0.3, 0.4) is 0 Å². The van der Waals surface area contributed by atoms with Crippen molar-refractivity contribution in [2.45, 2.75) is 38.6 Å². The molecule has 1 atom stereocenters. The number of rotatable bonds is 6. The summed E-state index contributed by atoms with van der Waals surface area (Å²) in [7, 11) is -2.42. The lowest BCUT2D eigenvalue weighted by Gasteiger charge is -2.20. The average Bonchev–Trinajstić information content (AvgIpc) is 2.33. The van der Waals surface area contributed by atoms with Crippen molar-refractivity contribution in [1.29, 1.82) is 0 Å². The molecule has 0 spiro atoms. The van der Waals surface area contributed by atoms with Crippen LogP contribution < -0.4 is 9.46 Å². The second-order valence-corrected chi connectivity index (χ2v) is 6.92. The van der Waals surface area contributed by atoms with Crippen LogP contribution in [0.2, 0.25) is 0 Å². The Morgan fingerprint density at radius 2 is 1.71 bits per heavy atom. The smallest absolute Gasteiger partial charge is 0.322 e. The van der Waals surface area contributed by atoms with Crippen LogP contribution in [0.25, 0.3) is 0 Å². The van der Waals surface area contributed by atoms with Gasteiger partial charge in [-0.2, -0.15) is 4.72 Å². The second-order valence-electron chi connectivity index (χ2n) is 5.27. The van der Waals surface area contributed by atoms with Gasteiger partial charge in [-0.05, 0) is 43.0 Å². The van der Waals surface area contributed by atoms with Crippen molar-refractivity contribution in [3.05, 3.63) is 23.3 Å². The van der Waals surface area contributed by atoms with Gasteiger partial charge in [-0.15, -0.1) is 0 Å². The molecule has 7 heteroatoms. The van der Waals surface area contributed by atoms with E-state index in [4.69, 9.17) is 9.84 Å². The third-order valence-electron chi connectivity index (χ3n) is 3.15. The standard InChI is InChI=1S/C14H21NO5S/c1-8(2)12(14(16)17)15-21(18,19)13-9(3)6-11(20-5)7-10(13)4/h6-8,12,15H,1-5H3,(H,16,17)/t12-/m1/s1. The molecule has 1 aromatic rings. The highest BCUT2D eigenvalue weighted by molar-refractivity contribution is 7.89. The van der Waals surface area contributed by atoms with E-state index in [0.717, 1.165) is 0 Å². The molecule has 0 heterocycles. The third-order valence-corrected chi connectivity index (χ3v) is 4.90. The molecule has 0 bridgehead atoms. The van der Waals surface area contributed by atoms with E-state index in [0.29, 0.717) is 16.9 Å². The zero-order chi connectivity index (χ0) is 16.4. The molecule has 0 unspecified atom stereocenters. The first-order chi connectivity index (χ1) is 9.60. The maximum Gasteiger partial charge on any atom is 0.322 e. The van der Waals surface area contributed by atoms with Gasteiger partial charge in [0.25, 0.3) is 0 Å². The zero-order valence-corrected chi connectivity index (χ0v) is 13.6. The van der Waals surface area contributed by atoms with E-state index < -0.39 is 22.0 Å². The van der Waals surface area contributed by atoms with Crippen LogP contribution in [0, 0.1) is 19.8 Å². The van der Waals surface area contributed by atoms with Gasteiger partial charge in [0.15, 0.2) is 0 Å². The van der Waals surface area contributed by atoms with Crippen molar-refractivity contribution < 1.29 is 23.1 Å². The summed E-state index contributed by atoms with van der Waals surface area (Å²) in [4.78, 5) is 11.3. The summed E-state index contributed by atoms with van der Waals surface area (Å²) in [5.41, 5.74) is 1.01. The fourth-order valence-corrected chi connectivity index (χ4v) is 3.94. The molecule has 0 aromatic heterocycles. The van der Waals surface area contributed by atoms with Crippen molar-refractivity contribution in [2.24, 2.45) is 5.92 Å². The van der Waals surface area contributed by atoms with Gasteiger partial charge in [0, 0.05) is 0 Å². The maximum absolute atomic E-state index is 12.5. The normalized spacial score (nSPS) is 13.2. The predicted molar refractivity (Wildman–Crippen MR) is 79.1 cm³/mol. The second kappa shape index (κ2) is 6.44. The Labute approximate surface area is 125 Å². The van der Waals surface area contributed by atoms with E-state index >= 15 is 0 Å². The van der Waals surface area contributed by atoms with E-state index in [2.05, 4.69) is 4.72 Å². The summed E-state index contributed by atoms with van der Waals surface area (Å²) in [5, 5.41) is 9.13. The summed E-state index contributed by atoms with van der Waals surface area (Å²) in [5.74, 6) is -1.00. The van der Waals surface area contributed by atoms with Gasteiger partial charge in [-0.25, -0.2) is 8.42 Å². The number of ether oxygens (including phenoxy) is 1. The van der Waals surface area contributed by atoms with Crippen LogP contribution in [-0.4, -0.2) is 32.6 Å². The van der Waals surface area contributed by atoms with E-state index in [9.17, 15) is 13.2 Å². The van der Waals surface area contributed by atoms with Gasteiger partial charge in [-0.3, -0.25) is 4.79 Å². The van der Waals surface area contributed by atoms with Crippen LogP contribution in [0.4, 0.5) is 0 Å². The van der Waals surface area contributed by atoms with Gasteiger partial charge in [0.05, 0.1) is 12.0 Å². The fourth-order valence-electron chi connectivity index (χ4n) is 2.15. The van der Waals surface area contributed by atoms with Crippen molar-refractivity contribution in [3.8, 4) is 5.75 Å². The molecule has 6 nitrogen and oxygen atoms in total. The first-order valence-corrected chi connectivity index (χ1v) is 7.98. The molecule has 0 saturated heterocycles. The van der Waals surface area contributed by atoms with Crippen LogP contribution in [-0.2, 0) is 14.8 Å². The molecular weight excluding hydrogens is 294 g/mol. The minimum atomic E-state index is -3.92. The number of benzene rings is 1. The van der Waals surface area contributed by atoms with E-state index in [1.807, 2.05) is 0 Å². The Kier molecular flexibility index (Phi) is 5.36. The number of carboxylic acid groups (broad SMARTS) is 1. The number of methoxy groups -OCH3 is 1. The Morgan fingerprint density at radius 3 is 2.05 bits per heavy atom. The Hall–Kier alpha value is -1.60. The lowest BCUT2D eigenvalue weighted by Crippen LogP contribution is -2.44. The number of carbonyl (C=O) groups is 1. The molecule has 0 amide bonds. The molecule has 0 aliphatic carbocycles. The molecular formula is C14H21NO5S. The highest BCUT2D eigenvalue weighted by Gasteiger charge is 2.30. The third kappa shape index (κ3) is 3.95. The molecule has 0 saturated carbocycles. The SMILES string of the molecule is COc1cc(C)c(S(=O)(=O)N[C@@H](C(=O)O)C(C)C)c(C)c1. The Balaban J connectivity index is 3.29. The first-order valence-electron chi connectivity index (χ1n) is 6.50.